The summed E-state index contributed by atoms with van der Waals surface area (Å²) < 4.78 is 7.08. The molecule has 1 aliphatic carbocycles. The number of para-hydroxylation sites is 1. The van der Waals surface area contributed by atoms with E-state index in [1.807, 2.05) is 42.5 Å². The lowest BCUT2D eigenvalue weighted by molar-refractivity contribution is 0.0465. The smallest absolute Gasteiger partial charge is 0.348 e. The second kappa shape index (κ2) is 7.01. The van der Waals surface area contributed by atoms with Gasteiger partial charge in [-0.1, -0.05) is 42.5 Å². The van der Waals surface area contributed by atoms with Gasteiger partial charge in [-0.25, -0.2) is 4.79 Å². The number of benzene rings is 2. The minimum absolute atomic E-state index is 0.0138. The van der Waals surface area contributed by atoms with Gasteiger partial charge >= 0.3 is 5.97 Å². The van der Waals surface area contributed by atoms with E-state index in [4.69, 9.17) is 4.74 Å². The highest BCUT2D eigenvalue weighted by Crippen LogP contribution is 2.39. The van der Waals surface area contributed by atoms with Crippen LogP contribution < -0.4 is 0 Å². The maximum Gasteiger partial charge on any atom is 0.348 e. The number of hydrogen-bond acceptors (Lipinski definition) is 6. The normalized spacial score (nSPS) is 12.3. The molecule has 6 nitrogen and oxygen atoms in total. The number of tetrazole rings is 1. The van der Waals surface area contributed by atoms with E-state index in [1.54, 1.807) is 4.68 Å². The molecule has 0 radical (unpaired) electrons. The molecule has 0 saturated heterocycles. The molecule has 2 heterocycles. The first kappa shape index (κ1) is 16.8. The number of nitrogens with zero attached hydrogens (tertiary/aromatic N) is 4. The number of aryl methyl sites for hydroxylation is 2. The molecule has 0 bridgehead atoms. The SMILES string of the molecule is O=C(OCc1nnnn1-c1ccccc1)c1cc2c(s1)-c1ccccc1CC2. The van der Waals surface area contributed by atoms with Gasteiger partial charge in [-0.2, -0.15) is 4.68 Å². The molecule has 4 aromatic rings. The molecule has 0 N–H and O–H groups in total. The third-order valence-electron chi connectivity index (χ3n) is 4.80. The van der Waals surface area contributed by atoms with E-state index in [-0.39, 0.29) is 12.6 Å². The van der Waals surface area contributed by atoms with Crippen LogP contribution in [-0.2, 0) is 24.2 Å². The number of thiophene rings is 1. The lowest BCUT2D eigenvalue weighted by Gasteiger charge is -2.15. The first-order valence-electron chi connectivity index (χ1n) is 9.00. The number of hydrogen-bond donors (Lipinski definition) is 0. The lowest BCUT2D eigenvalue weighted by atomic mass is 9.91. The van der Waals surface area contributed by atoms with Crippen LogP contribution in [0.3, 0.4) is 0 Å². The van der Waals surface area contributed by atoms with Gasteiger partial charge in [-0.05, 0) is 58.2 Å². The molecule has 7 heteroatoms. The van der Waals surface area contributed by atoms with Crippen LogP contribution in [0, 0.1) is 0 Å². The van der Waals surface area contributed by atoms with Gasteiger partial charge in [0.1, 0.15) is 4.88 Å². The van der Waals surface area contributed by atoms with Crippen molar-refractivity contribution in [2.75, 3.05) is 0 Å². The number of ether oxygens (including phenoxy) is 1. The van der Waals surface area contributed by atoms with Gasteiger partial charge in [-0.3, -0.25) is 0 Å². The maximum atomic E-state index is 12.6. The number of fused-ring (bicyclic) bond motifs is 3. The van der Waals surface area contributed by atoms with Crippen molar-refractivity contribution in [3.63, 3.8) is 0 Å². The van der Waals surface area contributed by atoms with Gasteiger partial charge < -0.3 is 4.74 Å². The molecule has 0 aliphatic heterocycles. The van der Waals surface area contributed by atoms with Crippen LogP contribution in [0.15, 0.2) is 60.7 Å². The Morgan fingerprint density at radius 1 is 1.04 bits per heavy atom. The molecule has 138 valence electrons. The first-order valence-corrected chi connectivity index (χ1v) is 9.82. The number of esters is 1. The summed E-state index contributed by atoms with van der Waals surface area (Å²) in [6.45, 7) is 0.0138. The van der Waals surface area contributed by atoms with Crippen LogP contribution in [0.25, 0.3) is 16.1 Å². The molecular weight excluding hydrogens is 372 g/mol. The van der Waals surface area contributed by atoms with Crippen molar-refractivity contribution in [3.8, 4) is 16.1 Å². The Labute approximate surface area is 165 Å². The van der Waals surface area contributed by atoms with Crippen LogP contribution >= 0.6 is 11.3 Å². The van der Waals surface area contributed by atoms with Crippen molar-refractivity contribution >= 4 is 17.3 Å². The van der Waals surface area contributed by atoms with E-state index >= 15 is 0 Å². The number of rotatable bonds is 4. The lowest BCUT2D eigenvalue weighted by Crippen LogP contribution is -2.09. The number of carbonyl (C=O) groups is 1. The van der Waals surface area contributed by atoms with Crippen molar-refractivity contribution < 1.29 is 9.53 Å². The second-order valence-electron chi connectivity index (χ2n) is 6.54. The maximum absolute atomic E-state index is 12.6. The zero-order valence-electron chi connectivity index (χ0n) is 14.9. The summed E-state index contributed by atoms with van der Waals surface area (Å²) in [4.78, 5) is 14.4. The average molecular weight is 388 g/mol. The highest BCUT2D eigenvalue weighted by Gasteiger charge is 2.22. The minimum Gasteiger partial charge on any atom is -0.453 e. The van der Waals surface area contributed by atoms with E-state index < -0.39 is 0 Å². The van der Waals surface area contributed by atoms with E-state index in [0.717, 1.165) is 18.5 Å². The van der Waals surface area contributed by atoms with Crippen molar-refractivity contribution in [1.82, 2.24) is 20.2 Å². The molecule has 5 rings (SSSR count). The zero-order valence-corrected chi connectivity index (χ0v) is 15.7. The number of aromatic nitrogens is 4. The number of carbonyl (C=O) groups excluding carboxylic acids is 1. The zero-order chi connectivity index (χ0) is 18.9. The molecule has 2 aromatic carbocycles. The Kier molecular flexibility index (Phi) is 4.21. The van der Waals surface area contributed by atoms with E-state index in [2.05, 4.69) is 33.7 Å². The Balaban J connectivity index is 1.35. The monoisotopic (exact) mass is 388 g/mol. The standard InChI is InChI=1S/C21H16N4O2S/c26-21(27-13-19-22-23-24-25(19)16-7-2-1-3-8-16)18-12-15-11-10-14-6-4-5-9-17(14)20(15)28-18/h1-9,12H,10-11,13H2. The molecule has 0 fully saturated rings. The molecule has 2 aromatic heterocycles. The largest absolute Gasteiger partial charge is 0.453 e. The summed E-state index contributed by atoms with van der Waals surface area (Å²) in [6, 6.07) is 19.8. The molecular formula is C21H16N4O2S. The molecule has 0 unspecified atom stereocenters. The van der Waals surface area contributed by atoms with Gasteiger partial charge in [-0.15, -0.1) is 16.4 Å². The highest BCUT2D eigenvalue weighted by atomic mass is 32.1. The molecule has 0 amide bonds. The molecule has 28 heavy (non-hydrogen) atoms. The minimum atomic E-state index is -0.348. The van der Waals surface area contributed by atoms with E-state index in [9.17, 15) is 4.79 Å². The predicted molar refractivity (Wildman–Crippen MR) is 105 cm³/mol. The fraction of sp³-hybridized carbons (Fsp3) is 0.143. The van der Waals surface area contributed by atoms with Gasteiger partial charge in [0.15, 0.2) is 12.4 Å². The predicted octanol–water partition coefficient (Wildman–Crippen LogP) is 3.85. The molecule has 0 atom stereocenters. The van der Waals surface area contributed by atoms with Crippen molar-refractivity contribution in [1.29, 1.82) is 0 Å². The topological polar surface area (TPSA) is 69.9 Å². The molecule has 1 aliphatic rings. The Morgan fingerprint density at radius 2 is 1.82 bits per heavy atom. The van der Waals surface area contributed by atoms with Crippen molar-refractivity contribution in [2.45, 2.75) is 19.4 Å². The van der Waals surface area contributed by atoms with Crippen molar-refractivity contribution in [3.05, 3.63) is 82.5 Å². The average Bonchev–Trinajstić information content (AvgIpc) is 3.40. The van der Waals surface area contributed by atoms with Crippen LogP contribution in [0.1, 0.15) is 26.6 Å². The first-order chi connectivity index (χ1) is 13.8. The van der Waals surface area contributed by atoms with Gasteiger partial charge in [0.2, 0.25) is 0 Å². The summed E-state index contributed by atoms with van der Waals surface area (Å²) in [5.41, 5.74) is 4.59. The van der Waals surface area contributed by atoms with E-state index in [0.29, 0.717) is 10.7 Å². The third kappa shape index (κ3) is 2.99. The van der Waals surface area contributed by atoms with E-state index in [1.165, 1.54) is 32.9 Å². The highest BCUT2D eigenvalue weighted by molar-refractivity contribution is 7.17. The Bertz CT molecular complexity index is 1150. The third-order valence-corrected chi connectivity index (χ3v) is 5.99. The summed E-state index contributed by atoms with van der Waals surface area (Å²) in [7, 11) is 0. The Morgan fingerprint density at radius 3 is 2.71 bits per heavy atom. The summed E-state index contributed by atoms with van der Waals surface area (Å²) in [5.74, 6) is 0.130. The van der Waals surface area contributed by atoms with Crippen LogP contribution in [0.2, 0.25) is 0 Å². The van der Waals surface area contributed by atoms with Crippen LogP contribution in [0.4, 0.5) is 0 Å². The van der Waals surface area contributed by atoms with Crippen LogP contribution in [0.5, 0.6) is 0 Å². The Hall–Kier alpha value is -3.32. The van der Waals surface area contributed by atoms with Gasteiger partial charge in [0.25, 0.3) is 0 Å². The van der Waals surface area contributed by atoms with Gasteiger partial charge in [0.05, 0.1) is 5.69 Å². The van der Waals surface area contributed by atoms with Gasteiger partial charge in [0, 0.05) is 4.88 Å². The summed E-state index contributed by atoms with van der Waals surface area (Å²) in [6.07, 6.45) is 1.95. The molecule has 0 saturated carbocycles. The summed E-state index contributed by atoms with van der Waals surface area (Å²) >= 11 is 1.49. The molecule has 0 spiro atoms. The van der Waals surface area contributed by atoms with Crippen LogP contribution in [-0.4, -0.2) is 26.2 Å². The summed E-state index contributed by atoms with van der Waals surface area (Å²) in [5, 5.41) is 11.7. The van der Waals surface area contributed by atoms with Crippen molar-refractivity contribution in [2.24, 2.45) is 0 Å². The quantitative estimate of drug-likeness (QED) is 0.497. The second-order valence-corrected chi connectivity index (χ2v) is 7.59. The fourth-order valence-corrected chi connectivity index (χ4v) is 4.60. The fourth-order valence-electron chi connectivity index (χ4n) is 3.44.